The normalized spacial score (nSPS) is 11.7. The second-order valence-corrected chi connectivity index (χ2v) is 6.63. The minimum atomic E-state index is -0.120. The molecule has 5 heteroatoms. The molecular formula is C19H23BrN2O2. The number of halogens is 1. The largest absolute Gasteiger partial charge is 0.492 e. The number of aryl methyl sites for hydroxylation is 1. The highest BCUT2D eigenvalue weighted by Gasteiger charge is 2.14. The third-order valence-corrected chi connectivity index (χ3v) is 4.50. The van der Waals surface area contributed by atoms with Crippen molar-refractivity contribution in [2.45, 2.75) is 19.9 Å². The van der Waals surface area contributed by atoms with Crippen molar-refractivity contribution in [1.82, 2.24) is 10.2 Å². The molecule has 24 heavy (non-hydrogen) atoms. The topological polar surface area (TPSA) is 41.6 Å². The maximum absolute atomic E-state index is 12.3. The lowest BCUT2D eigenvalue weighted by Crippen LogP contribution is -2.40. The van der Waals surface area contributed by atoms with Crippen molar-refractivity contribution >= 4 is 22.0 Å². The van der Waals surface area contributed by atoms with Crippen molar-refractivity contribution in [1.29, 1.82) is 0 Å². The van der Waals surface area contributed by atoms with Crippen LogP contribution in [0.3, 0.4) is 0 Å². The quantitative estimate of drug-likeness (QED) is 0.786. The molecule has 1 N–H and O–H groups in total. The number of carbonyl (C=O) groups excluding carboxylic acids is 1. The van der Waals surface area contributed by atoms with E-state index >= 15 is 0 Å². The Labute approximate surface area is 151 Å². The van der Waals surface area contributed by atoms with Crippen LogP contribution in [-0.4, -0.2) is 31.1 Å². The highest BCUT2D eigenvalue weighted by molar-refractivity contribution is 9.10. The van der Waals surface area contributed by atoms with E-state index in [1.165, 1.54) is 5.56 Å². The van der Waals surface area contributed by atoms with Crippen LogP contribution in [0.15, 0.2) is 53.0 Å². The van der Waals surface area contributed by atoms with E-state index in [0.717, 1.165) is 15.8 Å². The van der Waals surface area contributed by atoms with Gasteiger partial charge in [0, 0.05) is 11.5 Å². The average Bonchev–Trinajstić information content (AvgIpc) is 2.56. The first kappa shape index (κ1) is 18.3. The van der Waals surface area contributed by atoms with Gasteiger partial charge in [-0.15, -0.1) is 0 Å². The molecule has 0 aliphatic carbocycles. The predicted octanol–water partition coefficient (Wildman–Crippen LogP) is 4.54. The molecule has 0 fully saturated rings. The molecule has 4 nitrogen and oxygen atoms in total. The van der Waals surface area contributed by atoms with Gasteiger partial charge in [0.05, 0.1) is 12.6 Å². The number of hydrogen-bond acceptors (Lipinski definition) is 2. The number of hydrogen-bond donors (Lipinski definition) is 1. The second-order valence-electron chi connectivity index (χ2n) is 5.78. The van der Waals surface area contributed by atoms with Crippen LogP contribution in [0, 0.1) is 6.92 Å². The Morgan fingerprint density at radius 1 is 1.21 bits per heavy atom. The van der Waals surface area contributed by atoms with E-state index in [0.29, 0.717) is 13.2 Å². The Balaban J connectivity index is 1.79. The van der Waals surface area contributed by atoms with Gasteiger partial charge in [-0.25, -0.2) is 4.79 Å². The highest BCUT2D eigenvalue weighted by Crippen LogP contribution is 2.22. The molecule has 2 amide bonds. The summed E-state index contributed by atoms with van der Waals surface area (Å²) in [5.41, 5.74) is 2.25. The van der Waals surface area contributed by atoms with Gasteiger partial charge in [0.1, 0.15) is 12.4 Å². The molecule has 0 radical (unpaired) electrons. The molecule has 2 rings (SSSR count). The fourth-order valence-electron chi connectivity index (χ4n) is 2.24. The molecule has 2 aromatic rings. The van der Waals surface area contributed by atoms with Crippen molar-refractivity contribution in [2.24, 2.45) is 0 Å². The lowest BCUT2D eigenvalue weighted by Gasteiger charge is -2.22. The summed E-state index contributed by atoms with van der Waals surface area (Å²) >= 11 is 3.51. The van der Waals surface area contributed by atoms with E-state index in [2.05, 4.69) is 21.2 Å². The molecule has 0 heterocycles. The number of rotatable bonds is 6. The average molecular weight is 391 g/mol. The summed E-state index contributed by atoms with van der Waals surface area (Å²) in [6, 6.07) is 15.6. The number of likely N-dealkylation sites (N-methyl/N-ethyl adjacent to an activating group) is 1. The van der Waals surface area contributed by atoms with Crippen molar-refractivity contribution in [3.63, 3.8) is 0 Å². The smallest absolute Gasteiger partial charge is 0.317 e. The molecule has 0 spiro atoms. The molecule has 0 bridgehead atoms. The van der Waals surface area contributed by atoms with Crippen LogP contribution in [-0.2, 0) is 0 Å². The summed E-state index contributed by atoms with van der Waals surface area (Å²) in [6.45, 7) is 4.97. The van der Waals surface area contributed by atoms with Crippen LogP contribution in [0.2, 0.25) is 0 Å². The summed E-state index contributed by atoms with van der Waals surface area (Å²) < 4.78 is 6.65. The van der Waals surface area contributed by atoms with E-state index in [1.807, 2.05) is 62.4 Å². The van der Waals surface area contributed by atoms with Gasteiger partial charge in [-0.1, -0.05) is 51.8 Å². The highest BCUT2D eigenvalue weighted by atomic mass is 79.9. The van der Waals surface area contributed by atoms with Gasteiger partial charge in [0.15, 0.2) is 0 Å². The number of carbonyl (C=O) groups is 1. The molecule has 1 atom stereocenters. The van der Waals surface area contributed by atoms with Crippen molar-refractivity contribution in [3.05, 3.63) is 64.1 Å². The third kappa shape index (κ3) is 5.27. The van der Waals surface area contributed by atoms with Crippen LogP contribution in [0.25, 0.3) is 0 Å². The number of nitrogens with one attached hydrogen (secondary N) is 1. The summed E-state index contributed by atoms with van der Waals surface area (Å²) in [6.07, 6.45) is 0. The van der Waals surface area contributed by atoms with Gasteiger partial charge in [0.25, 0.3) is 0 Å². The Morgan fingerprint density at radius 2 is 1.88 bits per heavy atom. The van der Waals surface area contributed by atoms with Gasteiger partial charge < -0.3 is 15.0 Å². The number of benzene rings is 2. The first-order valence-electron chi connectivity index (χ1n) is 7.93. The standard InChI is InChI=1S/C19H23BrN2O2/c1-14-8-10-16(11-9-14)24-13-12-22(3)19(23)21-15(2)17-6-4-5-7-18(17)20/h4-11,15H,12-13H2,1-3H3,(H,21,23). The van der Waals surface area contributed by atoms with Crippen molar-refractivity contribution in [3.8, 4) is 5.75 Å². The van der Waals surface area contributed by atoms with Crippen LogP contribution >= 0.6 is 15.9 Å². The number of ether oxygens (including phenoxy) is 1. The molecule has 1 unspecified atom stereocenters. The molecule has 0 saturated heterocycles. The van der Waals surface area contributed by atoms with Crippen molar-refractivity contribution < 1.29 is 9.53 Å². The van der Waals surface area contributed by atoms with Crippen LogP contribution in [0.4, 0.5) is 4.79 Å². The lowest BCUT2D eigenvalue weighted by molar-refractivity contribution is 0.192. The Hall–Kier alpha value is -2.01. The summed E-state index contributed by atoms with van der Waals surface area (Å²) in [7, 11) is 1.76. The zero-order valence-corrected chi connectivity index (χ0v) is 15.8. The van der Waals surface area contributed by atoms with Gasteiger partial charge in [-0.2, -0.15) is 0 Å². The van der Waals surface area contributed by atoms with Gasteiger partial charge in [-0.3, -0.25) is 0 Å². The molecule has 2 aromatic carbocycles. The molecular weight excluding hydrogens is 368 g/mol. The zero-order chi connectivity index (χ0) is 17.5. The molecule has 128 valence electrons. The van der Waals surface area contributed by atoms with E-state index < -0.39 is 0 Å². The molecule has 0 aliphatic heterocycles. The van der Waals surface area contributed by atoms with Crippen molar-refractivity contribution in [2.75, 3.05) is 20.2 Å². The third-order valence-electron chi connectivity index (χ3n) is 3.77. The Bertz CT molecular complexity index is 673. The van der Waals surface area contributed by atoms with Crippen LogP contribution in [0.5, 0.6) is 5.75 Å². The maximum atomic E-state index is 12.3. The lowest BCUT2D eigenvalue weighted by atomic mass is 10.1. The summed E-state index contributed by atoms with van der Waals surface area (Å²) in [5, 5.41) is 2.99. The Kier molecular flexibility index (Phi) is 6.67. The van der Waals surface area contributed by atoms with Crippen LogP contribution in [0.1, 0.15) is 24.1 Å². The van der Waals surface area contributed by atoms with E-state index in [9.17, 15) is 4.79 Å². The number of nitrogens with zero attached hydrogens (tertiary/aromatic N) is 1. The maximum Gasteiger partial charge on any atom is 0.317 e. The molecule has 0 saturated carbocycles. The minimum absolute atomic E-state index is 0.0754. The first-order valence-corrected chi connectivity index (χ1v) is 8.72. The van der Waals surface area contributed by atoms with E-state index in [4.69, 9.17) is 4.74 Å². The van der Waals surface area contributed by atoms with Gasteiger partial charge in [0.2, 0.25) is 0 Å². The molecule has 0 aromatic heterocycles. The predicted molar refractivity (Wildman–Crippen MR) is 100 cm³/mol. The number of amides is 2. The van der Waals surface area contributed by atoms with Gasteiger partial charge >= 0.3 is 6.03 Å². The minimum Gasteiger partial charge on any atom is -0.492 e. The fourth-order valence-corrected chi connectivity index (χ4v) is 2.86. The second kappa shape index (κ2) is 8.73. The SMILES string of the molecule is Cc1ccc(OCCN(C)C(=O)NC(C)c2ccccc2Br)cc1. The Morgan fingerprint density at radius 3 is 2.54 bits per heavy atom. The zero-order valence-electron chi connectivity index (χ0n) is 14.3. The first-order chi connectivity index (χ1) is 11.5. The van der Waals surface area contributed by atoms with Crippen LogP contribution < -0.4 is 10.1 Å². The summed E-state index contributed by atoms with van der Waals surface area (Å²) in [4.78, 5) is 13.9. The monoisotopic (exact) mass is 390 g/mol. The van der Waals surface area contributed by atoms with Gasteiger partial charge in [-0.05, 0) is 37.6 Å². The number of urea groups is 1. The van der Waals surface area contributed by atoms with E-state index in [1.54, 1.807) is 11.9 Å². The summed E-state index contributed by atoms with van der Waals surface area (Å²) in [5.74, 6) is 0.816. The van der Waals surface area contributed by atoms with E-state index in [-0.39, 0.29) is 12.1 Å². The molecule has 0 aliphatic rings. The fraction of sp³-hybridized carbons (Fsp3) is 0.316.